The van der Waals surface area contributed by atoms with Gasteiger partial charge in [-0.25, -0.2) is 4.39 Å². The molecule has 0 radical (unpaired) electrons. The Morgan fingerprint density at radius 1 is 1.15 bits per heavy atom. The van der Waals surface area contributed by atoms with E-state index in [2.05, 4.69) is 56.2 Å². The van der Waals surface area contributed by atoms with Gasteiger partial charge in [0.15, 0.2) is 0 Å². The summed E-state index contributed by atoms with van der Waals surface area (Å²) < 4.78 is 13.5. The van der Waals surface area contributed by atoms with Crippen LogP contribution in [0.1, 0.15) is 48.9 Å². The van der Waals surface area contributed by atoms with Crippen LogP contribution in [0.25, 0.3) is 0 Å². The number of benzene rings is 2. The van der Waals surface area contributed by atoms with E-state index >= 15 is 0 Å². The highest BCUT2D eigenvalue weighted by molar-refractivity contribution is 5.79. The second-order valence-corrected chi connectivity index (χ2v) is 7.43. The fourth-order valence-electron chi connectivity index (χ4n) is 3.64. The minimum absolute atomic E-state index is 0.175. The fraction of sp³-hybridized carbons (Fsp3) is 0.435. The zero-order valence-corrected chi connectivity index (χ0v) is 17.1. The molecule has 27 heavy (non-hydrogen) atoms. The molecule has 0 aliphatic heterocycles. The van der Waals surface area contributed by atoms with Crippen molar-refractivity contribution in [3.05, 3.63) is 70.5 Å². The SMILES string of the molecule is CCc1cc(C=NOC)ccc1C(C)(CCCN(C)C)c1ccc(F)cc1. The van der Waals surface area contributed by atoms with Crippen molar-refractivity contribution in [3.8, 4) is 0 Å². The topological polar surface area (TPSA) is 24.8 Å². The molecule has 0 saturated carbocycles. The van der Waals surface area contributed by atoms with E-state index in [0.717, 1.165) is 36.9 Å². The van der Waals surface area contributed by atoms with Gasteiger partial charge in [-0.2, -0.15) is 0 Å². The maximum absolute atomic E-state index is 13.5. The molecule has 0 aromatic heterocycles. The summed E-state index contributed by atoms with van der Waals surface area (Å²) in [6.07, 6.45) is 4.71. The Morgan fingerprint density at radius 3 is 2.44 bits per heavy atom. The van der Waals surface area contributed by atoms with E-state index in [4.69, 9.17) is 4.84 Å². The smallest absolute Gasteiger partial charge is 0.123 e. The first-order valence-corrected chi connectivity index (χ1v) is 9.51. The fourth-order valence-corrected chi connectivity index (χ4v) is 3.64. The van der Waals surface area contributed by atoms with E-state index in [0.29, 0.717) is 0 Å². The molecule has 0 bridgehead atoms. The van der Waals surface area contributed by atoms with Gasteiger partial charge in [-0.05, 0) is 80.4 Å². The van der Waals surface area contributed by atoms with Gasteiger partial charge in [0.2, 0.25) is 0 Å². The van der Waals surface area contributed by atoms with Crippen LogP contribution in [-0.2, 0) is 16.7 Å². The van der Waals surface area contributed by atoms with Crippen molar-refractivity contribution in [2.45, 2.75) is 38.5 Å². The van der Waals surface area contributed by atoms with Gasteiger partial charge in [-0.3, -0.25) is 0 Å². The average molecular weight is 371 g/mol. The van der Waals surface area contributed by atoms with Crippen LogP contribution in [0.5, 0.6) is 0 Å². The monoisotopic (exact) mass is 370 g/mol. The Hall–Kier alpha value is -2.20. The Morgan fingerprint density at radius 2 is 1.85 bits per heavy atom. The molecule has 0 heterocycles. The summed E-state index contributed by atoms with van der Waals surface area (Å²) in [5.74, 6) is -0.198. The molecule has 2 aromatic rings. The zero-order chi connectivity index (χ0) is 19.9. The number of halogens is 1. The highest BCUT2D eigenvalue weighted by Gasteiger charge is 2.30. The molecule has 1 unspecified atom stereocenters. The van der Waals surface area contributed by atoms with Gasteiger partial charge in [0.25, 0.3) is 0 Å². The molecule has 4 heteroatoms. The van der Waals surface area contributed by atoms with E-state index in [-0.39, 0.29) is 11.2 Å². The molecular weight excluding hydrogens is 339 g/mol. The quantitative estimate of drug-likeness (QED) is 0.457. The minimum Gasteiger partial charge on any atom is -0.399 e. The molecule has 1 atom stereocenters. The van der Waals surface area contributed by atoms with Gasteiger partial charge >= 0.3 is 0 Å². The molecule has 0 fully saturated rings. The molecule has 0 saturated heterocycles. The summed E-state index contributed by atoms with van der Waals surface area (Å²) in [4.78, 5) is 7.01. The number of hydrogen-bond donors (Lipinski definition) is 0. The van der Waals surface area contributed by atoms with Crippen LogP contribution >= 0.6 is 0 Å². The van der Waals surface area contributed by atoms with Gasteiger partial charge in [0.05, 0.1) is 6.21 Å². The lowest BCUT2D eigenvalue weighted by atomic mass is 9.71. The number of nitrogens with zero attached hydrogens (tertiary/aromatic N) is 2. The summed E-state index contributed by atoms with van der Waals surface area (Å²) in [6.45, 7) is 5.46. The second-order valence-electron chi connectivity index (χ2n) is 7.43. The summed E-state index contributed by atoms with van der Waals surface area (Å²) in [7, 11) is 5.73. The summed E-state index contributed by atoms with van der Waals surface area (Å²) in [5.41, 5.74) is 4.57. The van der Waals surface area contributed by atoms with Crippen molar-refractivity contribution in [3.63, 3.8) is 0 Å². The van der Waals surface area contributed by atoms with Crippen LogP contribution in [0.4, 0.5) is 4.39 Å². The lowest BCUT2D eigenvalue weighted by molar-refractivity contribution is 0.215. The Bertz CT molecular complexity index is 755. The van der Waals surface area contributed by atoms with Crippen molar-refractivity contribution >= 4 is 6.21 Å². The van der Waals surface area contributed by atoms with Crippen molar-refractivity contribution in [2.24, 2.45) is 5.16 Å². The van der Waals surface area contributed by atoms with Gasteiger partial charge in [0, 0.05) is 5.41 Å². The number of aryl methyl sites for hydroxylation is 1. The summed E-state index contributed by atoms with van der Waals surface area (Å²) >= 11 is 0. The van der Waals surface area contributed by atoms with Crippen molar-refractivity contribution in [2.75, 3.05) is 27.7 Å². The highest BCUT2D eigenvalue weighted by atomic mass is 19.1. The molecule has 0 N–H and O–H groups in total. The predicted octanol–water partition coefficient (Wildman–Crippen LogP) is 5.02. The molecule has 0 aliphatic rings. The Kier molecular flexibility index (Phi) is 7.55. The molecule has 2 rings (SSSR count). The first-order chi connectivity index (χ1) is 12.9. The third-order valence-electron chi connectivity index (χ3n) is 5.18. The summed E-state index contributed by atoms with van der Waals surface area (Å²) in [6, 6.07) is 13.4. The van der Waals surface area contributed by atoms with Crippen LogP contribution in [0, 0.1) is 5.82 Å². The first-order valence-electron chi connectivity index (χ1n) is 9.51. The molecule has 0 aliphatic carbocycles. The number of rotatable bonds is 9. The molecule has 2 aromatic carbocycles. The van der Waals surface area contributed by atoms with E-state index < -0.39 is 0 Å². The van der Waals surface area contributed by atoms with Crippen LogP contribution in [-0.4, -0.2) is 38.9 Å². The van der Waals surface area contributed by atoms with Crippen LogP contribution in [0.2, 0.25) is 0 Å². The van der Waals surface area contributed by atoms with Crippen LogP contribution < -0.4 is 0 Å². The predicted molar refractivity (Wildman–Crippen MR) is 111 cm³/mol. The van der Waals surface area contributed by atoms with Crippen molar-refractivity contribution in [1.82, 2.24) is 4.90 Å². The lowest BCUT2D eigenvalue weighted by Gasteiger charge is -2.34. The number of oxime groups is 1. The van der Waals surface area contributed by atoms with Crippen molar-refractivity contribution < 1.29 is 9.23 Å². The summed E-state index contributed by atoms with van der Waals surface area (Å²) in [5, 5.41) is 3.87. The maximum atomic E-state index is 13.5. The Labute approximate surface area is 162 Å². The second kappa shape index (κ2) is 9.65. The average Bonchev–Trinajstić information content (AvgIpc) is 2.66. The molecule has 0 spiro atoms. The molecular formula is C23H31FN2O. The standard InChI is InChI=1S/C23H31FN2O/c1-6-19-16-18(17-25-27-5)8-13-22(19)23(2,14-7-15-26(3)4)20-9-11-21(24)12-10-20/h8-13,16-17H,6-7,14-15H2,1-5H3. The van der Waals surface area contributed by atoms with E-state index in [1.54, 1.807) is 25.5 Å². The van der Waals surface area contributed by atoms with Crippen molar-refractivity contribution in [1.29, 1.82) is 0 Å². The highest BCUT2D eigenvalue weighted by Crippen LogP contribution is 2.39. The third-order valence-corrected chi connectivity index (χ3v) is 5.18. The van der Waals surface area contributed by atoms with E-state index in [9.17, 15) is 4.39 Å². The zero-order valence-electron chi connectivity index (χ0n) is 17.1. The molecule has 0 amide bonds. The number of hydrogen-bond acceptors (Lipinski definition) is 3. The largest absolute Gasteiger partial charge is 0.399 e. The first kappa shape index (κ1) is 21.1. The van der Waals surface area contributed by atoms with Gasteiger partial charge in [-0.15, -0.1) is 0 Å². The van der Waals surface area contributed by atoms with E-state index in [1.165, 1.54) is 11.1 Å². The van der Waals surface area contributed by atoms with Crippen LogP contribution in [0.15, 0.2) is 47.6 Å². The maximum Gasteiger partial charge on any atom is 0.123 e. The minimum atomic E-state index is -0.198. The van der Waals surface area contributed by atoms with Gasteiger partial charge in [-0.1, -0.05) is 43.3 Å². The lowest BCUT2D eigenvalue weighted by Crippen LogP contribution is -2.27. The molecule has 146 valence electrons. The third kappa shape index (κ3) is 5.39. The normalized spacial score (nSPS) is 13.9. The van der Waals surface area contributed by atoms with E-state index in [1.807, 2.05) is 12.1 Å². The van der Waals surface area contributed by atoms with Crippen LogP contribution in [0.3, 0.4) is 0 Å². The van der Waals surface area contributed by atoms with Gasteiger partial charge < -0.3 is 9.74 Å². The Balaban J connectivity index is 2.48. The van der Waals surface area contributed by atoms with Gasteiger partial charge in [0.1, 0.15) is 12.9 Å². The molecule has 3 nitrogen and oxygen atoms in total.